The minimum absolute atomic E-state index is 0.196. The Balaban J connectivity index is 2.31. The fraction of sp³-hybridized carbons (Fsp3) is 0.462. The van der Waals surface area contributed by atoms with Crippen molar-refractivity contribution in [3.8, 4) is 11.5 Å². The second kappa shape index (κ2) is 5.36. The van der Waals surface area contributed by atoms with Gasteiger partial charge in [0, 0.05) is 6.20 Å². The SMILES string of the molecule is CCOC(=O)C(C)(C)c1nc(-c2ccnc(C)n2)no1. The van der Waals surface area contributed by atoms with Crippen LogP contribution < -0.4 is 0 Å². The van der Waals surface area contributed by atoms with Crippen LogP contribution in [0, 0.1) is 6.92 Å². The molecule has 0 saturated carbocycles. The lowest BCUT2D eigenvalue weighted by molar-refractivity contribution is -0.149. The van der Waals surface area contributed by atoms with Gasteiger partial charge in [0.1, 0.15) is 16.9 Å². The standard InChI is InChI=1S/C13H16N4O3/c1-5-19-12(18)13(3,4)11-16-10(17-20-11)9-6-7-14-8(2)15-9/h6-7H,5H2,1-4H3. The van der Waals surface area contributed by atoms with Crippen LogP contribution in [0.15, 0.2) is 16.8 Å². The van der Waals surface area contributed by atoms with E-state index >= 15 is 0 Å². The Hall–Kier alpha value is -2.31. The number of aromatic nitrogens is 4. The van der Waals surface area contributed by atoms with Crippen molar-refractivity contribution in [3.05, 3.63) is 24.0 Å². The van der Waals surface area contributed by atoms with E-state index in [-0.39, 0.29) is 5.89 Å². The van der Waals surface area contributed by atoms with E-state index in [1.165, 1.54) is 0 Å². The Bertz CT molecular complexity index is 622. The second-order valence-electron chi connectivity index (χ2n) is 4.76. The summed E-state index contributed by atoms with van der Waals surface area (Å²) < 4.78 is 10.2. The lowest BCUT2D eigenvalue weighted by Gasteiger charge is -2.16. The first-order chi connectivity index (χ1) is 9.45. The average Bonchev–Trinajstić information content (AvgIpc) is 2.89. The zero-order valence-corrected chi connectivity index (χ0v) is 11.9. The van der Waals surface area contributed by atoms with Crippen LogP contribution in [0.25, 0.3) is 11.5 Å². The van der Waals surface area contributed by atoms with Crippen molar-refractivity contribution in [3.63, 3.8) is 0 Å². The molecule has 2 aromatic heterocycles. The van der Waals surface area contributed by atoms with Crippen LogP contribution in [0.1, 0.15) is 32.5 Å². The predicted molar refractivity (Wildman–Crippen MR) is 69.7 cm³/mol. The van der Waals surface area contributed by atoms with Crippen LogP contribution in [0.3, 0.4) is 0 Å². The fourth-order valence-corrected chi connectivity index (χ4v) is 1.56. The van der Waals surface area contributed by atoms with Crippen molar-refractivity contribution < 1.29 is 14.1 Å². The third kappa shape index (κ3) is 2.66. The van der Waals surface area contributed by atoms with E-state index in [1.54, 1.807) is 40.0 Å². The molecule has 0 fully saturated rings. The molecule has 0 saturated heterocycles. The molecule has 0 aliphatic heterocycles. The maximum absolute atomic E-state index is 11.9. The van der Waals surface area contributed by atoms with Gasteiger partial charge in [-0.15, -0.1) is 0 Å². The number of carbonyl (C=O) groups is 1. The van der Waals surface area contributed by atoms with Gasteiger partial charge in [-0.25, -0.2) is 9.97 Å². The predicted octanol–water partition coefficient (Wildman–Crippen LogP) is 1.68. The highest BCUT2D eigenvalue weighted by atomic mass is 16.5. The molecule has 106 valence electrons. The number of rotatable bonds is 4. The lowest BCUT2D eigenvalue weighted by Crippen LogP contribution is -2.31. The highest BCUT2D eigenvalue weighted by Crippen LogP contribution is 2.25. The van der Waals surface area contributed by atoms with Gasteiger partial charge in [-0.2, -0.15) is 4.98 Å². The first-order valence-electron chi connectivity index (χ1n) is 6.26. The van der Waals surface area contributed by atoms with Crippen molar-refractivity contribution >= 4 is 5.97 Å². The maximum atomic E-state index is 11.9. The van der Waals surface area contributed by atoms with E-state index in [0.717, 1.165) is 0 Å². The van der Waals surface area contributed by atoms with Gasteiger partial charge in [0.25, 0.3) is 0 Å². The van der Waals surface area contributed by atoms with E-state index in [1.807, 2.05) is 0 Å². The minimum Gasteiger partial charge on any atom is -0.465 e. The summed E-state index contributed by atoms with van der Waals surface area (Å²) in [7, 11) is 0. The topological polar surface area (TPSA) is 91.0 Å². The van der Waals surface area contributed by atoms with Gasteiger partial charge >= 0.3 is 5.97 Å². The Morgan fingerprint density at radius 2 is 2.15 bits per heavy atom. The first kappa shape index (κ1) is 14.1. The molecular formula is C13H16N4O3. The summed E-state index contributed by atoms with van der Waals surface area (Å²) in [6.07, 6.45) is 1.62. The highest BCUT2D eigenvalue weighted by Gasteiger charge is 2.37. The average molecular weight is 276 g/mol. The Morgan fingerprint density at radius 1 is 1.40 bits per heavy atom. The smallest absolute Gasteiger partial charge is 0.321 e. The molecule has 0 N–H and O–H groups in total. The number of aryl methyl sites for hydroxylation is 1. The summed E-state index contributed by atoms with van der Waals surface area (Å²) in [5.41, 5.74) is -0.448. The summed E-state index contributed by atoms with van der Waals surface area (Å²) in [6, 6.07) is 1.68. The number of hydrogen-bond acceptors (Lipinski definition) is 7. The van der Waals surface area contributed by atoms with E-state index in [2.05, 4.69) is 20.1 Å². The van der Waals surface area contributed by atoms with Crippen LogP contribution in [0.4, 0.5) is 0 Å². The molecule has 7 nitrogen and oxygen atoms in total. The molecule has 2 rings (SSSR count). The highest BCUT2D eigenvalue weighted by molar-refractivity contribution is 5.80. The normalized spacial score (nSPS) is 11.4. The zero-order chi connectivity index (χ0) is 14.8. The number of esters is 1. The molecule has 0 radical (unpaired) electrons. The Kier molecular flexibility index (Phi) is 3.78. The number of hydrogen-bond donors (Lipinski definition) is 0. The molecule has 0 spiro atoms. The molecular weight excluding hydrogens is 260 g/mol. The molecule has 0 aliphatic carbocycles. The molecule has 20 heavy (non-hydrogen) atoms. The summed E-state index contributed by atoms with van der Waals surface area (Å²) in [5.74, 6) is 0.720. The van der Waals surface area contributed by atoms with E-state index in [4.69, 9.17) is 9.26 Å². The van der Waals surface area contributed by atoms with Crippen LogP contribution in [0.2, 0.25) is 0 Å². The van der Waals surface area contributed by atoms with Crippen molar-refractivity contribution in [2.75, 3.05) is 6.61 Å². The fourth-order valence-electron chi connectivity index (χ4n) is 1.56. The molecule has 0 atom stereocenters. The van der Waals surface area contributed by atoms with E-state index in [0.29, 0.717) is 23.9 Å². The molecule has 0 aliphatic rings. The summed E-state index contributed by atoms with van der Waals surface area (Å²) in [6.45, 7) is 7.17. The van der Waals surface area contributed by atoms with Gasteiger partial charge in [-0.05, 0) is 33.8 Å². The first-order valence-corrected chi connectivity index (χ1v) is 6.26. The van der Waals surface area contributed by atoms with E-state index < -0.39 is 11.4 Å². The summed E-state index contributed by atoms with van der Waals surface area (Å²) in [5, 5.41) is 3.85. The van der Waals surface area contributed by atoms with E-state index in [9.17, 15) is 4.79 Å². The van der Waals surface area contributed by atoms with Crippen molar-refractivity contribution in [2.24, 2.45) is 0 Å². The maximum Gasteiger partial charge on any atom is 0.321 e. The molecule has 2 heterocycles. The molecule has 0 amide bonds. The molecule has 0 aromatic carbocycles. The van der Waals surface area contributed by atoms with Crippen LogP contribution in [-0.2, 0) is 14.9 Å². The summed E-state index contributed by atoms with van der Waals surface area (Å²) >= 11 is 0. The molecule has 0 unspecified atom stereocenters. The molecule has 2 aromatic rings. The van der Waals surface area contributed by atoms with Gasteiger partial charge < -0.3 is 9.26 Å². The van der Waals surface area contributed by atoms with Crippen LogP contribution in [-0.4, -0.2) is 32.7 Å². The van der Waals surface area contributed by atoms with Crippen molar-refractivity contribution in [1.29, 1.82) is 0 Å². The van der Waals surface area contributed by atoms with Gasteiger partial charge in [0.15, 0.2) is 0 Å². The van der Waals surface area contributed by atoms with Gasteiger partial charge in [-0.1, -0.05) is 5.16 Å². The third-order valence-corrected chi connectivity index (χ3v) is 2.75. The second-order valence-corrected chi connectivity index (χ2v) is 4.76. The lowest BCUT2D eigenvalue weighted by atomic mass is 9.94. The Morgan fingerprint density at radius 3 is 2.80 bits per heavy atom. The molecule has 7 heteroatoms. The number of nitrogens with zero attached hydrogens (tertiary/aromatic N) is 4. The van der Waals surface area contributed by atoms with Crippen molar-refractivity contribution in [2.45, 2.75) is 33.1 Å². The van der Waals surface area contributed by atoms with Gasteiger partial charge in [0.2, 0.25) is 11.7 Å². The van der Waals surface area contributed by atoms with Crippen LogP contribution >= 0.6 is 0 Å². The monoisotopic (exact) mass is 276 g/mol. The minimum atomic E-state index is -0.997. The number of ether oxygens (including phenoxy) is 1. The number of carbonyl (C=O) groups excluding carboxylic acids is 1. The van der Waals surface area contributed by atoms with Gasteiger partial charge in [-0.3, -0.25) is 4.79 Å². The Labute approximate surface area is 116 Å². The third-order valence-electron chi connectivity index (χ3n) is 2.75. The quantitative estimate of drug-likeness (QED) is 0.784. The van der Waals surface area contributed by atoms with Crippen LogP contribution in [0.5, 0.6) is 0 Å². The zero-order valence-electron chi connectivity index (χ0n) is 11.9. The summed E-state index contributed by atoms with van der Waals surface area (Å²) in [4.78, 5) is 24.3. The van der Waals surface area contributed by atoms with Crippen molar-refractivity contribution in [1.82, 2.24) is 20.1 Å². The largest absolute Gasteiger partial charge is 0.465 e. The molecule has 0 bridgehead atoms. The van der Waals surface area contributed by atoms with Gasteiger partial charge in [0.05, 0.1) is 6.61 Å².